The van der Waals surface area contributed by atoms with Gasteiger partial charge in [-0.25, -0.2) is 6.57 Å². The van der Waals surface area contributed by atoms with Crippen molar-refractivity contribution in [1.29, 1.82) is 0 Å². The Morgan fingerprint density at radius 2 is 2.22 bits per heavy atom. The van der Waals surface area contributed by atoms with E-state index in [1.165, 1.54) is 0 Å². The second-order valence-electron chi connectivity index (χ2n) is 4.62. The van der Waals surface area contributed by atoms with Crippen LogP contribution >= 0.6 is 15.9 Å². The zero-order chi connectivity index (χ0) is 13.3. The fourth-order valence-corrected chi connectivity index (χ4v) is 2.50. The Labute approximate surface area is 114 Å². The molecule has 0 unspecified atom stereocenters. The summed E-state index contributed by atoms with van der Waals surface area (Å²) in [5.41, 5.74) is 7.15. The molecule has 0 radical (unpaired) electrons. The summed E-state index contributed by atoms with van der Waals surface area (Å²) in [6, 6.07) is 5.06. The van der Waals surface area contributed by atoms with Crippen LogP contribution in [0.2, 0.25) is 0 Å². The fourth-order valence-electron chi connectivity index (χ4n) is 1.98. The molecule has 1 aliphatic rings. The van der Waals surface area contributed by atoms with Crippen LogP contribution in [0.15, 0.2) is 22.7 Å². The lowest BCUT2D eigenvalue weighted by atomic mass is 9.98. The lowest BCUT2D eigenvalue weighted by molar-refractivity contribution is -0.137. The van der Waals surface area contributed by atoms with Crippen LogP contribution < -0.4 is 5.73 Å². The molecule has 1 fully saturated rings. The van der Waals surface area contributed by atoms with Crippen LogP contribution in [0.1, 0.15) is 36.4 Å². The van der Waals surface area contributed by atoms with Gasteiger partial charge in [-0.1, -0.05) is 15.9 Å². The molecule has 0 amide bonds. The number of benzene rings is 1. The molecule has 1 saturated carbocycles. The van der Waals surface area contributed by atoms with E-state index < -0.39 is 17.6 Å². The maximum Gasteiger partial charge on any atom is 0.305 e. The van der Waals surface area contributed by atoms with E-state index in [0.717, 1.165) is 28.4 Å². The van der Waals surface area contributed by atoms with Crippen molar-refractivity contribution in [2.75, 3.05) is 0 Å². The van der Waals surface area contributed by atoms with Crippen LogP contribution in [0.4, 0.5) is 0 Å². The minimum atomic E-state index is -0.921. The van der Waals surface area contributed by atoms with Crippen LogP contribution in [0.5, 0.6) is 0 Å². The van der Waals surface area contributed by atoms with Crippen LogP contribution in [0.3, 0.4) is 0 Å². The van der Waals surface area contributed by atoms with Crippen molar-refractivity contribution in [3.63, 3.8) is 0 Å². The van der Waals surface area contributed by atoms with Crippen molar-refractivity contribution in [3.05, 3.63) is 45.2 Å². The first-order valence-corrected chi connectivity index (χ1v) is 6.43. The number of halogens is 1. The molecule has 1 aromatic carbocycles. The molecule has 1 aromatic rings. The number of carboxylic acids is 1. The normalized spacial score (nSPS) is 17.8. The first-order valence-electron chi connectivity index (χ1n) is 5.64. The van der Waals surface area contributed by atoms with E-state index in [1.54, 1.807) is 0 Å². The van der Waals surface area contributed by atoms with Gasteiger partial charge in [-0.05, 0) is 23.8 Å². The monoisotopic (exact) mass is 308 g/mol. The summed E-state index contributed by atoms with van der Waals surface area (Å²) in [6.07, 6.45) is 1.61. The van der Waals surface area contributed by atoms with Crippen molar-refractivity contribution in [2.45, 2.75) is 30.8 Å². The summed E-state index contributed by atoms with van der Waals surface area (Å²) in [4.78, 5) is 14.4. The van der Waals surface area contributed by atoms with Crippen LogP contribution in [0.25, 0.3) is 4.85 Å². The number of nitrogens with two attached hydrogens (primary N) is 1. The highest BCUT2D eigenvalue weighted by atomic mass is 79.9. The number of hydrogen-bond acceptors (Lipinski definition) is 2. The Kier molecular flexibility index (Phi) is 3.42. The highest BCUT2D eigenvalue weighted by Gasteiger charge is 2.52. The molecule has 0 saturated heterocycles. The van der Waals surface area contributed by atoms with Gasteiger partial charge in [-0.15, -0.1) is 0 Å². The maximum absolute atomic E-state index is 10.7. The fraction of sp³-hybridized carbons (Fsp3) is 0.385. The average molecular weight is 309 g/mol. The second kappa shape index (κ2) is 4.71. The van der Waals surface area contributed by atoms with E-state index in [1.807, 2.05) is 18.2 Å². The smallest absolute Gasteiger partial charge is 0.305 e. The quantitative estimate of drug-likeness (QED) is 0.840. The summed E-state index contributed by atoms with van der Waals surface area (Å²) < 4.78 is 0.839. The zero-order valence-corrected chi connectivity index (χ0v) is 11.3. The lowest BCUT2D eigenvalue weighted by Crippen LogP contribution is -2.16. The van der Waals surface area contributed by atoms with Crippen molar-refractivity contribution >= 4 is 21.9 Å². The molecule has 1 atom stereocenters. The van der Waals surface area contributed by atoms with Gasteiger partial charge in [0.2, 0.25) is 0 Å². The van der Waals surface area contributed by atoms with Gasteiger partial charge >= 0.3 is 5.97 Å². The Morgan fingerprint density at radius 1 is 1.56 bits per heavy atom. The predicted octanol–water partition coefficient (Wildman–Crippen LogP) is 2.83. The van der Waals surface area contributed by atoms with Gasteiger partial charge < -0.3 is 15.7 Å². The van der Waals surface area contributed by atoms with Gasteiger partial charge in [0.15, 0.2) is 0 Å². The van der Waals surface area contributed by atoms with Gasteiger partial charge in [0.05, 0.1) is 6.42 Å². The van der Waals surface area contributed by atoms with E-state index in [-0.39, 0.29) is 6.42 Å². The largest absolute Gasteiger partial charge is 0.481 e. The highest BCUT2D eigenvalue weighted by molar-refractivity contribution is 9.10. The second-order valence-corrected chi connectivity index (χ2v) is 5.54. The third-order valence-corrected chi connectivity index (χ3v) is 3.68. The van der Waals surface area contributed by atoms with Gasteiger partial charge in [0.25, 0.3) is 5.54 Å². The highest BCUT2D eigenvalue weighted by Crippen LogP contribution is 2.50. The van der Waals surface area contributed by atoms with Crippen LogP contribution in [0, 0.1) is 6.57 Å². The Bertz CT molecular complexity index is 532. The summed E-state index contributed by atoms with van der Waals surface area (Å²) >= 11 is 3.39. The average Bonchev–Trinajstić information content (AvgIpc) is 3.08. The van der Waals surface area contributed by atoms with Gasteiger partial charge in [-0.3, -0.25) is 4.79 Å². The molecule has 0 heterocycles. The Morgan fingerprint density at radius 3 is 2.72 bits per heavy atom. The molecule has 18 heavy (non-hydrogen) atoms. The third kappa shape index (κ3) is 2.55. The van der Waals surface area contributed by atoms with Crippen molar-refractivity contribution in [1.82, 2.24) is 0 Å². The molecule has 0 spiro atoms. The van der Waals surface area contributed by atoms with E-state index in [0.29, 0.717) is 0 Å². The Balaban J connectivity index is 2.33. The maximum atomic E-state index is 10.7. The molecular weight excluding hydrogens is 296 g/mol. The van der Waals surface area contributed by atoms with Gasteiger partial charge in [-0.2, -0.15) is 0 Å². The molecule has 0 aliphatic heterocycles. The number of rotatable bonds is 4. The van der Waals surface area contributed by atoms with E-state index in [2.05, 4.69) is 20.8 Å². The summed E-state index contributed by atoms with van der Waals surface area (Å²) in [7, 11) is 0. The number of nitrogens with zero attached hydrogens (tertiary/aromatic N) is 1. The van der Waals surface area contributed by atoms with Crippen molar-refractivity contribution < 1.29 is 9.90 Å². The zero-order valence-electron chi connectivity index (χ0n) is 9.69. The van der Waals surface area contributed by atoms with E-state index in [4.69, 9.17) is 17.4 Å². The summed E-state index contributed by atoms with van der Waals surface area (Å²) in [6.45, 7) is 7.25. The Hall–Kier alpha value is -1.38. The van der Waals surface area contributed by atoms with E-state index >= 15 is 0 Å². The van der Waals surface area contributed by atoms with E-state index in [9.17, 15) is 4.79 Å². The number of aliphatic carboxylic acids is 1. The molecule has 2 rings (SSSR count). The first-order chi connectivity index (χ1) is 8.47. The first kappa shape index (κ1) is 13.1. The number of carboxylic acid groups (broad SMARTS) is 1. The third-order valence-electron chi connectivity index (χ3n) is 3.22. The van der Waals surface area contributed by atoms with Crippen molar-refractivity contribution in [2.24, 2.45) is 5.73 Å². The number of hydrogen-bond donors (Lipinski definition) is 2. The molecule has 5 heteroatoms. The lowest BCUT2D eigenvalue weighted by Gasteiger charge is -2.12. The minimum absolute atomic E-state index is 0.110. The van der Waals surface area contributed by atoms with Crippen molar-refractivity contribution in [3.8, 4) is 0 Å². The molecule has 0 aromatic heterocycles. The minimum Gasteiger partial charge on any atom is -0.481 e. The predicted molar refractivity (Wildman–Crippen MR) is 70.8 cm³/mol. The standard InChI is InChI=1S/C13H13BrN2O2/c1-16-13(2-3-13)9-4-8(5-10(14)6-9)11(15)7-12(17)18/h4-6,11H,2-3,7,15H2,(H,17,18)/t11-/m0/s1. The topological polar surface area (TPSA) is 67.7 Å². The van der Waals surface area contributed by atoms with Gasteiger partial charge in [0.1, 0.15) is 0 Å². The summed E-state index contributed by atoms with van der Waals surface area (Å²) in [5.74, 6) is -0.921. The van der Waals surface area contributed by atoms with Crippen LogP contribution in [-0.2, 0) is 10.3 Å². The van der Waals surface area contributed by atoms with Gasteiger partial charge in [0, 0.05) is 28.9 Å². The number of carbonyl (C=O) groups is 1. The molecule has 94 valence electrons. The SMILES string of the molecule is [C-]#[N+]C1(c2cc(Br)cc([C@@H](N)CC(=O)O)c2)CC1. The molecule has 0 bridgehead atoms. The molecular formula is C13H13BrN2O2. The van der Waals surface area contributed by atoms with Crippen LogP contribution in [-0.4, -0.2) is 11.1 Å². The molecule has 3 N–H and O–H groups in total. The molecule has 1 aliphatic carbocycles. The summed E-state index contributed by atoms with van der Waals surface area (Å²) in [5, 5.41) is 8.76. The molecule has 4 nitrogen and oxygen atoms in total.